The highest BCUT2D eigenvalue weighted by atomic mass is 32.1. The van der Waals surface area contributed by atoms with E-state index < -0.39 is 0 Å². The number of anilines is 2. The van der Waals surface area contributed by atoms with E-state index in [0.717, 1.165) is 24.3 Å². The van der Waals surface area contributed by atoms with Crippen molar-refractivity contribution < 1.29 is 14.3 Å². The Morgan fingerprint density at radius 2 is 1.76 bits per heavy atom. The zero-order chi connectivity index (χ0) is 20.6. The molecule has 2 aromatic carbocycles. The molecule has 8 heteroatoms. The second-order valence-electron chi connectivity index (χ2n) is 6.29. The molecular weight excluding hydrogens is 388 g/mol. The summed E-state index contributed by atoms with van der Waals surface area (Å²) in [6, 6.07) is 13.6. The second kappa shape index (κ2) is 9.79. The summed E-state index contributed by atoms with van der Waals surface area (Å²) in [4.78, 5) is 25.3. The van der Waals surface area contributed by atoms with Gasteiger partial charge in [0.1, 0.15) is 10.8 Å². The first kappa shape index (κ1) is 20.5. The number of amides is 2. The minimum Gasteiger partial charge on any atom is -0.497 e. The molecule has 2 amide bonds. The average Bonchev–Trinajstić information content (AvgIpc) is 3.19. The fourth-order valence-corrected chi connectivity index (χ4v) is 3.40. The zero-order valence-corrected chi connectivity index (χ0v) is 17.1. The summed E-state index contributed by atoms with van der Waals surface area (Å²) >= 11 is 1.36. The molecule has 3 rings (SSSR count). The van der Waals surface area contributed by atoms with Gasteiger partial charge in [-0.2, -0.15) is 0 Å². The molecule has 0 aliphatic carbocycles. The third-order valence-electron chi connectivity index (χ3n) is 4.20. The van der Waals surface area contributed by atoms with Gasteiger partial charge in [0, 0.05) is 12.0 Å². The van der Waals surface area contributed by atoms with E-state index in [2.05, 4.69) is 27.8 Å². The number of hydrogen-bond donors (Lipinski definition) is 2. The number of rotatable bonds is 8. The summed E-state index contributed by atoms with van der Waals surface area (Å²) in [5.41, 5.74) is 1.23. The van der Waals surface area contributed by atoms with Crippen LogP contribution in [0.3, 0.4) is 0 Å². The topological polar surface area (TPSA) is 93.2 Å². The molecule has 0 atom stereocenters. The highest BCUT2D eigenvalue weighted by molar-refractivity contribution is 7.15. The second-order valence-corrected chi connectivity index (χ2v) is 7.35. The van der Waals surface area contributed by atoms with Gasteiger partial charge in [-0.05, 0) is 42.8 Å². The number of methoxy groups -OCH3 is 1. The minimum atomic E-state index is -0.353. The van der Waals surface area contributed by atoms with Crippen LogP contribution < -0.4 is 15.4 Å². The van der Waals surface area contributed by atoms with Gasteiger partial charge in [-0.1, -0.05) is 36.8 Å². The van der Waals surface area contributed by atoms with E-state index in [-0.39, 0.29) is 11.8 Å². The van der Waals surface area contributed by atoms with Crippen molar-refractivity contribution >= 4 is 34.0 Å². The molecule has 2 N–H and O–H groups in total. The van der Waals surface area contributed by atoms with Gasteiger partial charge in [-0.25, -0.2) is 0 Å². The summed E-state index contributed by atoms with van der Waals surface area (Å²) in [5, 5.41) is 15.0. The van der Waals surface area contributed by atoms with Crippen LogP contribution in [0.5, 0.6) is 5.75 Å². The summed E-state index contributed by atoms with van der Waals surface area (Å²) in [5.74, 6) is -0.00353. The number of hydrogen-bond acceptors (Lipinski definition) is 6. The lowest BCUT2D eigenvalue weighted by Gasteiger charge is -2.10. The summed E-state index contributed by atoms with van der Waals surface area (Å²) in [7, 11) is 1.56. The fourth-order valence-electron chi connectivity index (χ4n) is 2.62. The highest BCUT2D eigenvalue weighted by Crippen LogP contribution is 2.21. The number of benzene rings is 2. The summed E-state index contributed by atoms with van der Waals surface area (Å²) in [6.45, 7) is 2.11. The van der Waals surface area contributed by atoms with Crippen LogP contribution in [0.15, 0.2) is 48.5 Å². The molecule has 0 aliphatic rings. The van der Waals surface area contributed by atoms with E-state index in [4.69, 9.17) is 4.74 Å². The highest BCUT2D eigenvalue weighted by Gasteiger charge is 2.16. The predicted octanol–water partition coefficient (Wildman–Crippen LogP) is 4.39. The van der Waals surface area contributed by atoms with Gasteiger partial charge in [0.2, 0.25) is 5.13 Å². The maximum atomic E-state index is 12.7. The molecule has 7 nitrogen and oxygen atoms in total. The number of carbonyl (C=O) groups excluding carboxylic acids is 2. The molecule has 1 heterocycles. The number of unbranched alkanes of at least 4 members (excludes halogenated alkanes) is 1. The molecule has 0 fully saturated rings. The molecule has 29 heavy (non-hydrogen) atoms. The molecule has 1 aromatic heterocycles. The largest absolute Gasteiger partial charge is 0.497 e. The van der Waals surface area contributed by atoms with Gasteiger partial charge in [0.25, 0.3) is 11.8 Å². The molecule has 0 unspecified atom stereocenters. The van der Waals surface area contributed by atoms with Gasteiger partial charge in [-0.3, -0.25) is 14.9 Å². The number of aromatic nitrogens is 2. The molecule has 3 aromatic rings. The maximum absolute atomic E-state index is 12.7. The van der Waals surface area contributed by atoms with Crippen molar-refractivity contribution in [3.05, 3.63) is 64.7 Å². The van der Waals surface area contributed by atoms with Gasteiger partial charge < -0.3 is 10.1 Å². The van der Waals surface area contributed by atoms with E-state index in [9.17, 15) is 9.59 Å². The van der Waals surface area contributed by atoms with Gasteiger partial charge in [0.15, 0.2) is 0 Å². The van der Waals surface area contributed by atoms with Crippen LogP contribution in [0.1, 0.15) is 45.5 Å². The Labute approximate surface area is 173 Å². The van der Waals surface area contributed by atoms with E-state index in [1.165, 1.54) is 11.3 Å². The lowest BCUT2D eigenvalue weighted by atomic mass is 10.1. The summed E-state index contributed by atoms with van der Waals surface area (Å²) in [6.07, 6.45) is 2.95. The number of ether oxygens (including phenoxy) is 1. The first-order chi connectivity index (χ1) is 14.1. The van der Waals surface area contributed by atoms with E-state index in [0.29, 0.717) is 27.7 Å². The van der Waals surface area contributed by atoms with Crippen molar-refractivity contribution in [3.63, 3.8) is 0 Å². The molecule has 150 valence electrons. The number of carbonyl (C=O) groups is 2. The molecule has 0 bridgehead atoms. The molecule has 0 saturated carbocycles. The zero-order valence-electron chi connectivity index (χ0n) is 16.3. The van der Waals surface area contributed by atoms with Crippen LogP contribution in [0.25, 0.3) is 0 Å². The van der Waals surface area contributed by atoms with Crippen molar-refractivity contribution in [1.29, 1.82) is 0 Å². The molecule has 0 radical (unpaired) electrons. The maximum Gasteiger partial charge on any atom is 0.259 e. The average molecular weight is 410 g/mol. The Hall–Kier alpha value is -3.26. The van der Waals surface area contributed by atoms with E-state index in [1.807, 2.05) is 0 Å². The molecule has 0 spiro atoms. The van der Waals surface area contributed by atoms with Crippen molar-refractivity contribution in [2.75, 3.05) is 17.7 Å². The van der Waals surface area contributed by atoms with Crippen molar-refractivity contribution in [2.24, 2.45) is 0 Å². The SMILES string of the molecule is CCCCc1nnc(NC(=O)c2ccccc2NC(=O)c2ccc(OC)cc2)s1. The van der Waals surface area contributed by atoms with Crippen molar-refractivity contribution in [2.45, 2.75) is 26.2 Å². The van der Waals surface area contributed by atoms with Crippen LogP contribution >= 0.6 is 11.3 Å². The standard InChI is InChI=1S/C21H22N4O3S/c1-3-4-9-18-24-25-21(29-18)23-20(27)16-7-5-6-8-17(16)22-19(26)14-10-12-15(28-2)13-11-14/h5-8,10-13H,3-4,9H2,1-2H3,(H,22,26)(H,23,25,27). The van der Waals surface area contributed by atoms with Crippen molar-refractivity contribution in [1.82, 2.24) is 10.2 Å². The Morgan fingerprint density at radius 1 is 1.00 bits per heavy atom. The molecular formula is C21H22N4O3S. The molecule has 0 aliphatic heterocycles. The third kappa shape index (κ3) is 5.39. The van der Waals surface area contributed by atoms with Crippen LogP contribution in [0.4, 0.5) is 10.8 Å². The minimum absolute atomic E-state index is 0.314. The quantitative estimate of drug-likeness (QED) is 0.574. The van der Waals surface area contributed by atoms with Crippen LogP contribution in [0.2, 0.25) is 0 Å². The van der Waals surface area contributed by atoms with Crippen LogP contribution in [-0.4, -0.2) is 29.1 Å². The number of para-hydroxylation sites is 1. The van der Waals surface area contributed by atoms with Crippen molar-refractivity contribution in [3.8, 4) is 5.75 Å². The normalized spacial score (nSPS) is 10.4. The van der Waals surface area contributed by atoms with E-state index >= 15 is 0 Å². The third-order valence-corrected chi connectivity index (χ3v) is 5.10. The van der Waals surface area contributed by atoms with Crippen LogP contribution in [0, 0.1) is 0 Å². The Balaban J connectivity index is 1.71. The Kier molecular flexibility index (Phi) is 6.91. The van der Waals surface area contributed by atoms with E-state index in [1.54, 1.807) is 55.6 Å². The molecule has 0 saturated heterocycles. The monoisotopic (exact) mass is 410 g/mol. The summed E-state index contributed by atoms with van der Waals surface area (Å²) < 4.78 is 5.10. The van der Waals surface area contributed by atoms with Crippen LogP contribution in [-0.2, 0) is 6.42 Å². The lowest BCUT2D eigenvalue weighted by molar-refractivity contribution is 0.102. The smallest absolute Gasteiger partial charge is 0.259 e. The van der Waals surface area contributed by atoms with Gasteiger partial charge in [-0.15, -0.1) is 10.2 Å². The Morgan fingerprint density at radius 3 is 2.48 bits per heavy atom. The lowest BCUT2D eigenvalue weighted by Crippen LogP contribution is -2.18. The van der Waals surface area contributed by atoms with Gasteiger partial charge in [0.05, 0.1) is 18.4 Å². The number of aryl methyl sites for hydroxylation is 1. The first-order valence-electron chi connectivity index (χ1n) is 9.29. The Bertz CT molecular complexity index is 986. The van der Waals surface area contributed by atoms with Gasteiger partial charge >= 0.3 is 0 Å². The fraction of sp³-hybridized carbons (Fsp3) is 0.238. The first-order valence-corrected chi connectivity index (χ1v) is 10.1. The number of nitrogens with zero attached hydrogens (tertiary/aromatic N) is 2. The number of nitrogens with one attached hydrogen (secondary N) is 2. The predicted molar refractivity (Wildman–Crippen MR) is 114 cm³/mol.